The Hall–Kier alpha value is -2.51. The second-order valence-corrected chi connectivity index (χ2v) is 6.00. The minimum Gasteiger partial charge on any atom is -0.343 e. The van der Waals surface area contributed by atoms with Crippen LogP contribution in [0.4, 0.5) is 0 Å². The van der Waals surface area contributed by atoms with Gasteiger partial charge in [-0.1, -0.05) is 18.0 Å². The van der Waals surface area contributed by atoms with Crippen molar-refractivity contribution < 1.29 is 9.32 Å². The molecule has 1 saturated heterocycles. The van der Waals surface area contributed by atoms with Crippen molar-refractivity contribution in [3.05, 3.63) is 28.7 Å². The van der Waals surface area contributed by atoms with Crippen LogP contribution < -0.4 is 5.56 Å². The van der Waals surface area contributed by atoms with Gasteiger partial charge in [0.05, 0.1) is 6.33 Å². The number of rotatable bonds is 4. The summed E-state index contributed by atoms with van der Waals surface area (Å²) in [4.78, 5) is 34.8. The van der Waals surface area contributed by atoms with E-state index in [9.17, 15) is 9.59 Å². The van der Waals surface area contributed by atoms with Gasteiger partial charge in [-0.05, 0) is 19.8 Å². The number of hydrogen-bond donors (Lipinski definition) is 0. The van der Waals surface area contributed by atoms with Crippen LogP contribution in [0.25, 0.3) is 11.5 Å². The molecular formula is C16H21N5O3. The Morgan fingerprint density at radius 1 is 1.25 bits per heavy atom. The van der Waals surface area contributed by atoms with Gasteiger partial charge in [0.1, 0.15) is 5.56 Å². The number of likely N-dealkylation sites (tertiary alicyclic amines) is 1. The molecule has 0 spiro atoms. The summed E-state index contributed by atoms with van der Waals surface area (Å²) in [6.45, 7) is 3.60. The summed E-state index contributed by atoms with van der Waals surface area (Å²) in [7, 11) is 0. The van der Waals surface area contributed by atoms with Crippen LogP contribution in [0.15, 0.2) is 21.8 Å². The summed E-state index contributed by atoms with van der Waals surface area (Å²) in [5, 5.41) is 3.69. The number of aromatic nitrogens is 4. The molecule has 0 unspecified atom stereocenters. The predicted molar refractivity (Wildman–Crippen MR) is 86.2 cm³/mol. The molecule has 1 amide bonds. The van der Waals surface area contributed by atoms with Crippen LogP contribution in [0, 0.1) is 6.92 Å². The third kappa shape index (κ3) is 3.69. The number of aryl methyl sites for hydroxylation is 2. The Balaban J connectivity index is 1.69. The molecule has 2 aromatic rings. The van der Waals surface area contributed by atoms with E-state index in [1.165, 1.54) is 29.9 Å². The standard InChI is InChI=1S/C16H21N5O3/c1-12-18-15(24-19-12)13-10-17-11-21(16(13)23)9-6-14(22)20-7-4-2-3-5-8-20/h10-11H,2-9H2,1H3. The van der Waals surface area contributed by atoms with Crippen molar-refractivity contribution in [3.63, 3.8) is 0 Å². The molecule has 8 nitrogen and oxygen atoms in total. The lowest BCUT2D eigenvalue weighted by molar-refractivity contribution is -0.131. The Kier molecular flexibility index (Phi) is 5.02. The topological polar surface area (TPSA) is 94.1 Å². The van der Waals surface area contributed by atoms with E-state index in [4.69, 9.17) is 4.52 Å². The number of carbonyl (C=O) groups excluding carboxylic acids is 1. The quantitative estimate of drug-likeness (QED) is 0.840. The minimum atomic E-state index is -0.280. The molecule has 8 heteroatoms. The molecule has 128 valence electrons. The van der Waals surface area contributed by atoms with Crippen molar-refractivity contribution in [1.29, 1.82) is 0 Å². The Labute approximate surface area is 139 Å². The van der Waals surface area contributed by atoms with Crippen LogP contribution in [0.5, 0.6) is 0 Å². The lowest BCUT2D eigenvalue weighted by Crippen LogP contribution is -2.33. The van der Waals surface area contributed by atoms with Crippen LogP contribution in [0.2, 0.25) is 0 Å². The highest BCUT2D eigenvalue weighted by Gasteiger charge is 2.17. The van der Waals surface area contributed by atoms with Gasteiger partial charge in [0.15, 0.2) is 5.82 Å². The molecule has 2 aromatic heterocycles. The summed E-state index contributed by atoms with van der Waals surface area (Å²) in [5.41, 5.74) is -0.0300. The second-order valence-electron chi connectivity index (χ2n) is 6.00. The molecule has 0 saturated carbocycles. The van der Waals surface area contributed by atoms with Crippen LogP contribution >= 0.6 is 0 Å². The van der Waals surface area contributed by atoms with Crippen LogP contribution in [0.1, 0.15) is 37.9 Å². The summed E-state index contributed by atoms with van der Waals surface area (Å²) < 4.78 is 6.45. The molecule has 1 aliphatic heterocycles. The van der Waals surface area contributed by atoms with E-state index in [1.807, 2.05) is 4.90 Å². The summed E-state index contributed by atoms with van der Waals surface area (Å²) >= 11 is 0. The fraction of sp³-hybridized carbons (Fsp3) is 0.562. The highest BCUT2D eigenvalue weighted by Crippen LogP contribution is 2.12. The number of carbonyl (C=O) groups is 1. The zero-order valence-electron chi connectivity index (χ0n) is 13.8. The van der Waals surface area contributed by atoms with Crippen molar-refractivity contribution in [1.82, 2.24) is 24.6 Å². The minimum absolute atomic E-state index is 0.0860. The molecule has 0 atom stereocenters. The number of nitrogens with zero attached hydrogens (tertiary/aromatic N) is 5. The zero-order valence-corrected chi connectivity index (χ0v) is 13.8. The monoisotopic (exact) mass is 331 g/mol. The lowest BCUT2D eigenvalue weighted by Gasteiger charge is -2.20. The number of amides is 1. The van der Waals surface area contributed by atoms with Gasteiger partial charge in [-0.15, -0.1) is 0 Å². The maximum absolute atomic E-state index is 12.5. The molecule has 24 heavy (non-hydrogen) atoms. The van der Waals surface area contributed by atoms with Gasteiger partial charge >= 0.3 is 0 Å². The first-order valence-electron chi connectivity index (χ1n) is 8.28. The number of hydrogen-bond acceptors (Lipinski definition) is 6. The SMILES string of the molecule is Cc1noc(-c2cncn(CCC(=O)N3CCCCCC3)c2=O)n1. The van der Waals surface area contributed by atoms with Gasteiger partial charge in [0.2, 0.25) is 5.91 Å². The third-order valence-electron chi connectivity index (χ3n) is 4.18. The molecule has 0 bridgehead atoms. The van der Waals surface area contributed by atoms with E-state index in [2.05, 4.69) is 15.1 Å². The third-order valence-corrected chi connectivity index (χ3v) is 4.18. The van der Waals surface area contributed by atoms with E-state index in [0.29, 0.717) is 12.4 Å². The van der Waals surface area contributed by atoms with E-state index < -0.39 is 0 Å². The first-order chi connectivity index (χ1) is 11.6. The molecule has 1 aliphatic rings. The molecule has 1 fully saturated rings. The average Bonchev–Trinajstić information content (AvgIpc) is 2.84. The van der Waals surface area contributed by atoms with E-state index in [0.717, 1.165) is 25.9 Å². The van der Waals surface area contributed by atoms with Crippen molar-refractivity contribution >= 4 is 5.91 Å². The van der Waals surface area contributed by atoms with Crippen molar-refractivity contribution in [2.24, 2.45) is 0 Å². The Bertz CT molecular complexity index is 759. The average molecular weight is 331 g/mol. The highest BCUT2D eigenvalue weighted by atomic mass is 16.5. The van der Waals surface area contributed by atoms with Crippen LogP contribution in [0.3, 0.4) is 0 Å². The van der Waals surface area contributed by atoms with Crippen molar-refractivity contribution in [2.75, 3.05) is 13.1 Å². The van der Waals surface area contributed by atoms with Gasteiger partial charge in [-0.3, -0.25) is 14.2 Å². The van der Waals surface area contributed by atoms with Crippen molar-refractivity contribution in [2.45, 2.75) is 45.6 Å². The Morgan fingerprint density at radius 2 is 2.00 bits per heavy atom. The summed E-state index contributed by atoms with van der Waals surface area (Å²) in [6.07, 6.45) is 7.59. The lowest BCUT2D eigenvalue weighted by atomic mass is 10.2. The summed E-state index contributed by atoms with van der Waals surface area (Å²) in [5.74, 6) is 0.692. The molecular weight excluding hydrogens is 310 g/mol. The highest BCUT2D eigenvalue weighted by molar-refractivity contribution is 5.76. The Morgan fingerprint density at radius 3 is 2.67 bits per heavy atom. The van der Waals surface area contributed by atoms with Gasteiger partial charge in [-0.2, -0.15) is 4.98 Å². The fourth-order valence-electron chi connectivity index (χ4n) is 2.86. The normalized spacial score (nSPS) is 15.3. The van der Waals surface area contributed by atoms with Gasteiger partial charge in [0, 0.05) is 32.3 Å². The smallest absolute Gasteiger partial charge is 0.266 e. The molecule has 3 rings (SSSR count). The van der Waals surface area contributed by atoms with Crippen molar-refractivity contribution in [3.8, 4) is 11.5 Å². The first kappa shape index (κ1) is 16.4. The van der Waals surface area contributed by atoms with Crippen LogP contribution in [-0.2, 0) is 11.3 Å². The van der Waals surface area contributed by atoms with Gasteiger partial charge in [-0.25, -0.2) is 4.98 Å². The predicted octanol–water partition coefficient (Wildman–Crippen LogP) is 1.39. The summed E-state index contributed by atoms with van der Waals surface area (Å²) in [6, 6.07) is 0. The molecule has 3 heterocycles. The molecule has 0 N–H and O–H groups in total. The van der Waals surface area contributed by atoms with Gasteiger partial charge in [0.25, 0.3) is 11.4 Å². The maximum atomic E-state index is 12.5. The first-order valence-corrected chi connectivity index (χ1v) is 8.28. The van der Waals surface area contributed by atoms with E-state index in [1.54, 1.807) is 6.92 Å². The largest absolute Gasteiger partial charge is 0.343 e. The zero-order chi connectivity index (χ0) is 16.9. The maximum Gasteiger partial charge on any atom is 0.266 e. The molecule has 0 aliphatic carbocycles. The van der Waals surface area contributed by atoms with E-state index in [-0.39, 0.29) is 29.3 Å². The molecule has 0 aromatic carbocycles. The molecule has 0 radical (unpaired) electrons. The fourth-order valence-corrected chi connectivity index (χ4v) is 2.86. The second kappa shape index (κ2) is 7.37. The van der Waals surface area contributed by atoms with Crippen LogP contribution in [-0.4, -0.2) is 43.6 Å². The van der Waals surface area contributed by atoms with Gasteiger partial charge < -0.3 is 9.42 Å². The van der Waals surface area contributed by atoms with E-state index >= 15 is 0 Å².